The minimum atomic E-state index is -3.54. The Labute approximate surface area is 104 Å². The second-order valence-corrected chi connectivity index (χ2v) is 5.77. The fourth-order valence-electron chi connectivity index (χ4n) is 1.97. The molecule has 1 aromatic heterocycles. The van der Waals surface area contributed by atoms with Gasteiger partial charge in [-0.1, -0.05) is 0 Å². The summed E-state index contributed by atoms with van der Waals surface area (Å²) in [5, 5.41) is 9.45. The highest BCUT2D eigenvalue weighted by Gasteiger charge is 2.18. The van der Waals surface area contributed by atoms with E-state index in [2.05, 4.69) is 20.2 Å². The molecule has 0 aliphatic carbocycles. The molecule has 0 saturated heterocycles. The van der Waals surface area contributed by atoms with Crippen LogP contribution >= 0.6 is 0 Å². The zero-order valence-electron chi connectivity index (χ0n) is 9.47. The van der Waals surface area contributed by atoms with Crippen molar-refractivity contribution in [3.8, 4) is 0 Å². The average Bonchev–Trinajstić information content (AvgIpc) is 2.97. The van der Waals surface area contributed by atoms with Gasteiger partial charge in [0.1, 0.15) is 0 Å². The van der Waals surface area contributed by atoms with Gasteiger partial charge in [-0.15, -0.1) is 0 Å². The van der Waals surface area contributed by atoms with Crippen LogP contribution in [0.25, 0.3) is 0 Å². The minimum absolute atomic E-state index is 0.270. The van der Waals surface area contributed by atoms with Gasteiger partial charge in [0.05, 0.1) is 16.8 Å². The monoisotopic (exact) mass is 264 g/mol. The van der Waals surface area contributed by atoms with E-state index in [-0.39, 0.29) is 4.90 Å². The quantitative estimate of drug-likeness (QED) is 0.777. The second kappa shape index (κ2) is 4.02. The van der Waals surface area contributed by atoms with Crippen LogP contribution in [0.4, 0.5) is 11.4 Å². The molecule has 18 heavy (non-hydrogen) atoms. The summed E-state index contributed by atoms with van der Waals surface area (Å²) in [5.41, 5.74) is 2.47. The molecule has 1 aliphatic rings. The maximum atomic E-state index is 12.1. The molecule has 6 nitrogen and oxygen atoms in total. The number of nitrogens with one attached hydrogen (secondary N) is 3. The van der Waals surface area contributed by atoms with E-state index in [9.17, 15) is 8.42 Å². The normalized spacial score (nSPS) is 14.0. The first kappa shape index (κ1) is 11.1. The van der Waals surface area contributed by atoms with Gasteiger partial charge in [0, 0.05) is 18.4 Å². The fourth-order valence-corrected chi connectivity index (χ4v) is 3.05. The van der Waals surface area contributed by atoms with Crippen LogP contribution in [0.5, 0.6) is 0 Å². The third-order valence-electron chi connectivity index (χ3n) is 2.85. The summed E-state index contributed by atoms with van der Waals surface area (Å²) in [6, 6.07) is 5.10. The molecule has 2 aromatic rings. The zero-order chi connectivity index (χ0) is 12.6. The van der Waals surface area contributed by atoms with Crippen molar-refractivity contribution >= 4 is 21.4 Å². The molecule has 0 bridgehead atoms. The largest absolute Gasteiger partial charge is 0.384 e. The number of hydrogen-bond donors (Lipinski definition) is 3. The first-order chi connectivity index (χ1) is 8.65. The number of sulfonamides is 1. The van der Waals surface area contributed by atoms with E-state index in [1.54, 1.807) is 18.2 Å². The van der Waals surface area contributed by atoms with E-state index < -0.39 is 10.0 Å². The molecule has 0 saturated carbocycles. The lowest BCUT2D eigenvalue weighted by atomic mass is 10.2. The Morgan fingerprint density at radius 3 is 3.00 bits per heavy atom. The first-order valence-corrected chi connectivity index (χ1v) is 7.02. The second-order valence-electron chi connectivity index (χ2n) is 4.09. The van der Waals surface area contributed by atoms with Crippen LogP contribution in [0.15, 0.2) is 35.5 Å². The van der Waals surface area contributed by atoms with Crippen LogP contribution in [0.1, 0.15) is 5.56 Å². The third kappa shape index (κ3) is 1.92. The zero-order valence-corrected chi connectivity index (χ0v) is 10.3. The van der Waals surface area contributed by atoms with Gasteiger partial charge in [0.15, 0.2) is 0 Å². The molecule has 0 fully saturated rings. The van der Waals surface area contributed by atoms with Crippen molar-refractivity contribution in [2.24, 2.45) is 0 Å². The predicted octanol–water partition coefficient (Wildman–Crippen LogP) is 1.18. The summed E-state index contributed by atoms with van der Waals surface area (Å²) in [6.07, 6.45) is 3.77. The average molecular weight is 264 g/mol. The highest BCUT2D eigenvalue weighted by molar-refractivity contribution is 7.92. The third-order valence-corrected chi connectivity index (χ3v) is 4.23. The number of aromatic amines is 1. The molecular formula is C11H12N4O2S. The smallest absolute Gasteiger partial charge is 0.262 e. The molecule has 0 atom stereocenters. The van der Waals surface area contributed by atoms with Gasteiger partial charge < -0.3 is 5.32 Å². The Morgan fingerprint density at radius 2 is 2.22 bits per heavy atom. The van der Waals surface area contributed by atoms with E-state index in [0.717, 1.165) is 24.2 Å². The highest BCUT2D eigenvalue weighted by Crippen LogP contribution is 2.25. The number of benzene rings is 1. The molecule has 0 unspecified atom stereocenters. The van der Waals surface area contributed by atoms with Crippen LogP contribution in [-0.4, -0.2) is 25.2 Å². The van der Waals surface area contributed by atoms with Crippen LogP contribution in [0, 0.1) is 0 Å². The van der Waals surface area contributed by atoms with Crippen molar-refractivity contribution in [3.63, 3.8) is 0 Å². The van der Waals surface area contributed by atoms with Crippen molar-refractivity contribution in [2.75, 3.05) is 16.6 Å². The topological polar surface area (TPSA) is 86.9 Å². The summed E-state index contributed by atoms with van der Waals surface area (Å²) >= 11 is 0. The Balaban J connectivity index is 1.94. The molecule has 3 N–H and O–H groups in total. The molecular weight excluding hydrogens is 252 g/mol. The van der Waals surface area contributed by atoms with Gasteiger partial charge >= 0.3 is 0 Å². The van der Waals surface area contributed by atoms with Crippen LogP contribution < -0.4 is 10.0 Å². The molecule has 7 heteroatoms. The van der Waals surface area contributed by atoms with Gasteiger partial charge in [-0.2, -0.15) is 5.10 Å². The molecule has 0 spiro atoms. The molecule has 94 valence electrons. The van der Waals surface area contributed by atoms with E-state index in [1.165, 1.54) is 12.4 Å². The summed E-state index contributed by atoms with van der Waals surface area (Å²) < 4.78 is 26.7. The lowest BCUT2D eigenvalue weighted by Gasteiger charge is -2.07. The standard InChI is InChI=1S/C11H12N4O2S/c16-18(17,15-9-6-13-14-7-9)10-1-2-11-8(5-10)3-4-12-11/h1-2,5-7,12,15H,3-4H2,(H,13,14). The predicted molar refractivity (Wildman–Crippen MR) is 68.0 cm³/mol. The Hall–Kier alpha value is -2.02. The number of rotatable bonds is 3. The minimum Gasteiger partial charge on any atom is -0.384 e. The number of H-pyrrole nitrogens is 1. The number of aromatic nitrogens is 2. The molecule has 2 heterocycles. The van der Waals surface area contributed by atoms with Crippen molar-refractivity contribution in [3.05, 3.63) is 36.2 Å². The van der Waals surface area contributed by atoms with E-state index in [0.29, 0.717) is 5.69 Å². The maximum Gasteiger partial charge on any atom is 0.262 e. The van der Waals surface area contributed by atoms with Crippen molar-refractivity contribution < 1.29 is 8.42 Å². The molecule has 3 rings (SSSR count). The number of nitrogens with zero attached hydrogens (tertiary/aromatic N) is 1. The van der Waals surface area contributed by atoms with Gasteiger partial charge in [-0.25, -0.2) is 8.42 Å². The Kier molecular flexibility index (Phi) is 2.48. The number of anilines is 2. The van der Waals surface area contributed by atoms with E-state index >= 15 is 0 Å². The van der Waals surface area contributed by atoms with Crippen LogP contribution in [-0.2, 0) is 16.4 Å². The van der Waals surface area contributed by atoms with Gasteiger partial charge in [-0.05, 0) is 30.2 Å². The van der Waals surface area contributed by atoms with Crippen molar-refractivity contribution in [1.82, 2.24) is 10.2 Å². The molecule has 1 aliphatic heterocycles. The molecule has 0 radical (unpaired) electrons. The summed E-state index contributed by atoms with van der Waals surface area (Å²) in [6.45, 7) is 0.855. The molecule has 0 amide bonds. The fraction of sp³-hybridized carbons (Fsp3) is 0.182. The number of hydrogen-bond acceptors (Lipinski definition) is 4. The summed E-state index contributed by atoms with van der Waals surface area (Å²) in [5.74, 6) is 0. The van der Waals surface area contributed by atoms with Gasteiger partial charge in [0.2, 0.25) is 0 Å². The van der Waals surface area contributed by atoms with Gasteiger partial charge in [-0.3, -0.25) is 9.82 Å². The highest BCUT2D eigenvalue weighted by atomic mass is 32.2. The van der Waals surface area contributed by atoms with E-state index in [1.807, 2.05) is 0 Å². The molecule has 1 aromatic carbocycles. The van der Waals surface area contributed by atoms with E-state index in [4.69, 9.17) is 0 Å². The van der Waals surface area contributed by atoms with Crippen LogP contribution in [0.2, 0.25) is 0 Å². The SMILES string of the molecule is O=S(=O)(Nc1cn[nH]c1)c1ccc2c(c1)CCN2. The van der Waals surface area contributed by atoms with Crippen LogP contribution in [0.3, 0.4) is 0 Å². The lowest BCUT2D eigenvalue weighted by molar-refractivity contribution is 0.601. The lowest BCUT2D eigenvalue weighted by Crippen LogP contribution is -2.12. The van der Waals surface area contributed by atoms with Crippen molar-refractivity contribution in [2.45, 2.75) is 11.3 Å². The Bertz CT molecular complexity index is 664. The Morgan fingerprint density at radius 1 is 1.33 bits per heavy atom. The summed E-state index contributed by atoms with van der Waals surface area (Å²) in [4.78, 5) is 0.270. The summed E-state index contributed by atoms with van der Waals surface area (Å²) in [7, 11) is -3.54. The maximum absolute atomic E-state index is 12.1. The number of fused-ring (bicyclic) bond motifs is 1. The first-order valence-electron chi connectivity index (χ1n) is 5.53. The van der Waals surface area contributed by atoms with Gasteiger partial charge in [0.25, 0.3) is 10.0 Å². The van der Waals surface area contributed by atoms with Crippen molar-refractivity contribution in [1.29, 1.82) is 0 Å².